The van der Waals surface area contributed by atoms with Crippen LogP contribution in [-0.2, 0) is 6.42 Å². The van der Waals surface area contributed by atoms with E-state index in [0.717, 1.165) is 11.8 Å². The molecule has 1 rings (SSSR count). The summed E-state index contributed by atoms with van der Waals surface area (Å²) in [6, 6.07) is 3.43. The van der Waals surface area contributed by atoms with Gasteiger partial charge in [-0.05, 0) is 11.6 Å². The second-order valence-electron chi connectivity index (χ2n) is 2.44. The van der Waals surface area contributed by atoms with Crippen LogP contribution in [0.15, 0.2) is 23.5 Å². The van der Waals surface area contributed by atoms with Crippen LogP contribution >= 0.6 is 11.6 Å². The molecule has 0 fully saturated rings. The van der Waals surface area contributed by atoms with Crippen molar-refractivity contribution < 1.29 is 5.21 Å². The van der Waals surface area contributed by atoms with Gasteiger partial charge in [0.05, 0.1) is 11.9 Å². The Kier molecular flexibility index (Phi) is 3.40. The van der Waals surface area contributed by atoms with E-state index in [2.05, 4.69) is 10.1 Å². The fourth-order valence-corrected chi connectivity index (χ4v) is 0.958. The quantitative estimate of drug-likeness (QED) is 0.336. The number of oxime groups is 1. The smallest absolute Gasteiger partial charge is 0.129 e. The van der Waals surface area contributed by atoms with Crippen LogP contribution in [0.4, 0.5) is 0 Å². The average Bonchev–Trinajstić information content (AvgIpc) is 2.09. The zero-order valence-corrected chi connectivity index (χ0v) is 7.49. The number of pyridine rings is 1. The predicted octanol–water partition coefficient (Wildman–Crippen LogP) is 1.76. The molecule has 0 atom stereocenters. The van der Waals surface area contributed by atoms with Gasteiger partial charge in [0.1, 0.15) is 5.15 Å². The monoisotopic (exact) mass is 197 g/mol. The van der Waals surface area contributed by atoms with Gasteiger partial charge < -0.3 is 10.6 Å². The molecule has 1 aromatic rings. The van der Waals surface area contributed by atoms with Gasteiger partial charge in [-0.3, -0.25) is 0 Å². The van der Waals surface area contributed by atoms with E-state index < -0.39 is 0 Å². The Morgan fingerprint density at radius 2 is 2.46 bits per heavy atom. The van der Waals surface area contributed by atoms with Crippen LogP contribution in [-0.4, -0.2) is 22.1 Å². The summed E-state index contributed by atoms with van der Waals surface area (Å²) in [6.07, 6.45) is 3.05. The highest BCUT2D eigenvalue weighted by molar-refractivity contribution is 6.30. The van der Waals surface area contributed by atoms with E-state index in [-0.39, 0.29) is 5.71 Å². The number of rotatable bonds is 3. The van der Waals surface area contributed by atoms with Crippen molar-refractivity contribution in [3.05, 3.63) is 29.0 Å². The second kappa shape index (κ2) is 4.57. The van der Waals surface area contributed by atoms with Crippen molar-refractivity contribution in [3.8, 4) is 0 Å². The van der Waals surface area contributed by atoms with E-state index in [1.54, 1.807) is 18.3 Å². The van der Waals surface area contributed by atoms with Gasteiger partial charge in [-0.1, -0.05) is 22.8 Å². The minimum Gasteiger partial charge on any atom is -0.411 e. The standard InChI is InChI=1S/C8H8ClN3O/c9-8-2-1-6(4-11-8)3-7(10)5-12-13/h1-2,4-5,10,13H,3H2. The molecule has 1 heterocycles. The SMILES string of the molecule is N=C(C=NO)Cc1ccc(Cl)nc1. The Balaban J connectivity index is 2.64. The van der Waals surface area contributed by atoms with Crippen LogP contribution in [0, 0.1) is 5.41 Å². The predicted molar refractivity (Wildman–Crippen MR) is 51.0 cm³/mol. The van der Waals surface area contributed by atoms with Crippen LogP contribution in [0.25, 0.3) is 0 Å². The zero-order chi connectivity index (χ0) is 9.68. The second-order valence-corrected chi connectivity index (χ2v) is 2.82. The molecular formula is C8H8ClN3O. The highest BCUT2D eigenvalue weighted by Crippen LogP contribution is 2.05. The van der Waals surface area contributed by atoms with Crippen LogP contribution in [0.3, 0.4) is 0 Å². The molecule has 0 spiro atoms. The van der Waals surface area contributed by atoms with Gasteiger partial charge in [-0.25, -0.2) is 4.98 Å². The van der Waals surface area contributed by atoms with Crippen molar-refractivity contribution in [3.63, 3.8) is 0 Å². The lowest BCUT2D eigenvalue weighted by Crippen LogP contribution is -2.02. The largest absolute Gasteiger partial charge is 0.411 e. The third-order valence-corrected chi connectivity index (χ3v) is 1.62. The lowest BCUT2D eigenvalue weighted by Gasteiger charge is -1.97. The summed E-state index contributed by atoms with van der Waals surface area (Å²) in [5, 5.41) is 18.6. The van der Waals surface area contributed by atoms with Gasteiger partial charge in [-0.2, -0.15) is 0 Å². The molecule has 1 aromatic heterocycles. The number of aromatic nitrogens is 1. The summed E-state index contributed by atoms with van der Waals surface area (Å²) >= 11 is 5.58. The minimum absolute atomic E-state index is 0.214. The summed E-state index contributed by atoms with van der Waals surface area (Å²) in [6.45, 7) is 0. The maximum absolute atomic E-state index is 8.15. The summed E-state index contributed by atoms with van der Waals surface area (Å²) in [5.41, 5.74) is 1.07. The number of hydrogen-bond acceptors (Lipinski definition) is 4. The molecule has 0 amide bonds. The molecule has 0 aliphatic carbocycles. The number of halogens is 1. The first-order chi connectivity index (χ1) is 6.22. The minimum atomic E-state index is 0.214. The van der Waals surface area contributed by atoms with Gasteiger partial charge in [0.25, 0.3) is 0 Å². The van der Waals surface area contributed by atoms with Crippen molar-refractivity contribution in [2.75, 3.05) is 0 Å². The highest BCUT2D eigenvalue weighted by Gasteiger charge is 1.97. The van der Waals surface area contributed by atoms with E-state index in [0.29, 0.717) is 11.6 Å². The Hall–Kier alpha value is -1.42. The van der Waals surface area contributed by atoms with Crippen molar-refractivity contribution in [2.24, 2.45) is 5.16 Å². The molecule has 2 N–H and O–H groups in total. The number of hydrogen-bond donors (Lipinski definition) is 2. The van der Waals surface area contributed by atoms with E-state index in [9.17, 15) is 0 Å². The molecule has 5 heteroatoms. The first-order valence-electron chi connectivity index (χ1n) is 3.57. The van der Waals surface area contributed by atoms with Crippen LogP contribution in [0.2, 0.25) is 5.15 Å². The molecular weight excluding hydrogens is 190 g/mol. The van der Waals surface area contributed by atoms with Crippen LogP contribution < -0.4 is 0 Å². The highest BCUT2D eigenvalue weighted by atomic mass is 35.5. The van der Waals surface area contributed by atoms with Gasteiger partial charge in [0.15, 0.2) is 0 Å². The molecule has 13 heavy (non-hydrogen) atoms. The lowest BCUT2D eigenvalue weighted by molar-refractivity contribution is 0.322. The molecule has 0 unspecified atom stereocenters. The molecule has 0 radical (unpaired) electrons. The third-order valence-electron chi connectivity index (χ3n) is 1.40. The summed E-state index contributed by atoms with van der Waals surface area (Å²) in [5.74, 6) is 0. The lowest BCUT2D eigenvalue weighted by atomic mass is 10.1. The maximum Gasteiger partial charge on any atom is 0.129 e. The van der Waals surface area contributed by atoms with Crippen molar-refractivity contribution in [1.29, 1.82) is 5.41 Å². The Morgan fingerprint density at radius 3 is 3.00 bits per heavy atom. The van der Waals surface area contributed by atoms with Crippen LogP contribution in [0.1, 0.15) is 5.56 Å². The van der Waals surface area contributed by atoms with Crippen molar-refractivity contribution in [2.45, 2.75) is 6.42 Å². The average molecular weight is 198 g/mol. The summed E-state index contributed by atoms with van der Waals surface area (Å²) < 4.78 is 0. The fourth-order valence-electron chi connectivity index (χ4n) is 0.846. The molecule has 0 aliphatic rings. The molecule has 0 bridgehead atoms. The summed E-state index contributed by atoms with van der Waals surface area (Å²) in [7, 11) is 0. The zero-order valence-electron chi connectivity index (χ0n) is 6.74. The first kappa shape index (κ1) is 9.67. The summed E-state index contributed by atoms with van der Waals surface area (Å²) in [4.78, 5) is 3.85. The molecule has 4 nitrogen and oxygen atoms in total. The Labute approximate surface area is 80.4 Å². The van der Waals surface area contributed by atoms with Crippen molar-refractivity contribution >= 4 is 23.5 Å². The van der Waals surface area contributed by atoms with Gasteiger partial charge in [0.2, 0.25) is 0 Å². The first-order valence-corrected chi connectivity index (χ1v) is 3.95. The third kappa shape index (κ3) is 3.21. The molecule has 0 aromatic carbocycles. The van der Waals surface area contributed by atoms with Crippen LogP contribution in [0.5, 0.6) is 0 Å². The van der Waals surface area contributed by atoms with Gasteiger partial charge in [0, 0.05) is 12.6 Å². The number of nitrogens with one attached hydrogen (secondary N) is 1. The van der Waals surface area contributed by atoms with Gasteiger partial charge in [-0.15, -0.1) is 0 Å². The molecule has 0 saturated carbocycles. The molecule has 0 aliphatic heterocycles. The molecule has 0 saturated heterocycles. The van der Waals surface area contributed by atoms with E-state index in [1.165, 1.54) is 0 Å². The van der Waals surface area contributed by atoms with E-state index in [1.807, 2.05) is 0 Å². The topological polar surface area (TPSA) is 69.3 Å². The normalized spacial score (nSPS) is 10.5. The maximum atomic E-state index is 8.15. The van der Waals surface area contributed by atoms with Crippen molar-refractivity contribution in [1.82, 2.24) is 4.98 Å². The Bertz CT molecular complexity index is 321. The van der Waals surface area contributed by atoms with E-state index >= 15 is 0 Å². The molecule has 68 valence electrons. The van der Waals surface area contributed by atoms with Gasteiger partial charge >= 0.3 is 0 Å². The fraction of sp³-hybridized carbons (Fsp3) is 0.125. The number of nitrogens with zero attached hydrogens (tertiary/aromatic N) is 2. The van der Waals surface area contributed by atoms with E-state index in [4.69, 9.17) is 22.2 Å². The Morgan fingerprint density at radius 1 is 1.69 bits per heavy atom.